The summed E-state index contributed by atoms with van der Waals surface area (Å²) in [5, 5.41) is 12.4. The molecule has 0 atom stereocenters. The van der Waals surface area contributed by atoms with Crippen LogP contribution in [0.2, 0.25) is 0 Å². The molecule has 0 saturated carbocycles. The van der Waals surface area contributed by atoms with Crippen molar-refractivity contribution in [1.82, 2.24) is 9.13 Å². The highest BCUT2D eigenvalue weighted by Crippen LogP contribution is 2.45. The summed E-state index contributed by atoms with van der Waals surface area (Å²) in [6, 6.07) is 89.2. The van der Waals surface area contributed by atoms with E-state index in [2.05, 4.69) is 252 Å². The first kappa shape index (κ1) is 36.5. The molecule has 0 bridgehead atoms. The molecule has 0 radical (unpaired) electrons. The lowest BCUT2D eigenvalue weighted by atomic mass is 9.96. The van der Waals surface area contributed by atoms with E-state index in [1.807, 2.05) is 0 Å². The third-order valence-corrected chi connectivity index (χ3v) is 18.3. The third-order valence-electron chi connectivity index (χ3n) is 13.5. The lowest BCUT2D eigenvalue weighted by molar-refractivity contribution is 0.666. The molecule has 4 heteroatoms. The molecule has 0 aliphatic carbocycles. The van der Waals surface area contributed by atoms with Gasteiger partial charge in [-0.3, -0.25) is 0 Å². The lowest BCUT2D eigenvalue weighted by Crippen LogP contribution is -2.75. The van der Waals surface area contributed by atoms with Gasteiger partial charge < -0.3 is 13.6 Å². The Morgan fingerprint density at radius 2 is 0.781 bits per heavy atom. The Labute approximate surface area is 371 Å². The normalized spacial score (nSPS) is 12.1. The minimum atomic E-state index is -2.96. The Balaban J connectivity index is 1.16. The summed E-state index contributed by atoms with van der Waals surface area (Å²) in [6.45, 7) is 0. The van der Waals surface area contributed by atoms with Crippen LogP contribution >= 0.6 is 0 Å². The van der Waals surface area contributed by atoms with Crippen LogP contribution in [0.25, 0.3) is 88.1 Å². The average Bonchev–Trinajstić information content (AvgIpc) is 4.04. The molecule has 64 heavy (non-hydrogen) atoms. The molecule has 0 saturated heterocycles. The fourth-order valence-electron chi connectivity index (χ4n) is 10.9. The van der Waals surface area contributed by atoms with Crippen LogP contribution in [0.5, 0.6) is 0 Å². The van der Waals surface area contributed by atoms with Crippen LogP contribution in [-0.4, -0.2) is 17.2 Å². The number of hydrogen-bond acceptors (Lipinski definition) is 1. The zero-order chi connectivity index (χ0) is 42.2. The molecule has 0 amide bonds. The van der Waals surface area contributed by atoms with Gasteiger partial charge in [-0.05, 0) is 62.7 Å². The van der Waals surface area contributed by atoms with Crippen molar-refractivity contribution in [2.45, 2.75) is 0 Å². The molecule has 3 nitrogen and oxygen atoms in total. The molecule has 3 aromatic heterocycles. The summed E-state index contributed by atoms with van der Waals surface area (Å²) < 4.78 is 12.0. The molecule has 13 rings (SSSR count). The quantitative estimate of drug-likeness (QED) is 0.116. The largest absolute Gasteiger partial charge is 0.454 e. The van der Waals surface area contributed by atoms with E-state index in [1.165, 1.54) is 59.0 Å². The molecule has 0 fully saturated rings. The molecular weight excluding hydrogens is 793 g/mol. The van der Waals surface area contributed by atoms with Gasteiger partial charge in [-0.25, -0.2) is 0 Å². The van der Waals surface area contributed by atoms with Crippen LogP contribution in [-0.2, 0) is 0 Å². The SMILES string of the molecule is c1ccc([Si](c2ccccc2)(c2ccccc2)c2ccccc2-n2c3ccccc3c3cccc(-c4ccc(-n5c6ccccc6c6ccccc65)c5oc6ccccc6c45)c32)cc1. The van der Waals surface area contributed by atoms with Gasteiger partial charge in [-0.2, -0.15) is 0 Å². The summed E-state index contributed by atoms with van der Waals surface area (Å²) in [6.07, 6.45) is 0. The molecular formula is C60H40N2OSi. The Kier molecular flexibility index (Phi) is 8.23. The van der Waals surface area contributed by atoms with E-state index in [0.29, 0.717) is 0 Å². The number of fused-ring (bicyclic) bond motifs is 9. The van der Waals surface area contributed by atoms with Gasteiger partial charge in [0.2, 0.25) is 0 Å². The van der Waals surface area contributed by atoms with E-state index < -0.39 is 8.07 Å². The Morgan fingerprint density at radius 1 is 0.312 bits per heavy atom. The number of rotatable bonds is 7. The maximum Gasteiger partial charge on any atom is 0.181 e. The Bertz CT molecular complexity index is 3750. The minimum absolute atomic E-state index is 0.869. The van der Waals surface area contributed by atoms with Gasteiger partial charge >= 0.3 is 0 Å². The maximum absolute atomic E-state index is 7.04. The molecule has 300 valence electrons. The zero-order valence-corrected chi connectivity index (χ0v) is 35.9. The van der Waals surface area contributed by atoms with Crippen LogP contribution in [0.4, 0.5) is 0 Å². The standard InChI is InChI=1S/C60H40N2OSi/c1-4-21-41(22-5-1)64(42-23-6-2-7-24-42,43-25-8-3-9-26-43)57-38-19-17-36-54(57)62-53-35-16-12-29-46(53)48-31-20-32-49(59(48)62)47-39-40-55(60-58(47)50-30-13-18-37-56(50)63-60)61-51-33-14-10-27-44(51)45-28-11-15-34-52(45)61/h1-40H. The summed E-state index contributed by atoms with van der Waals surface area (Å²) in [7, 11) is -2.96. The van der Waals surface area contributed by atoms with E-state index >= 15 is 0 Å². The minimum Gasteiger partial charge on any atom is -0.454 e. The van der Waals surface area contributed by atoms with Crippen molar-refractivity contribution < 1.29 is 4.42 Å². The van der Waals surface area contributed by atoms with Crippen molar-refractivity contribution >= 4 is 94.4 Å². The second-order valence-electron chi connectivity index (χ2n) is 16.7. The number of benzene rings is 10. The number of aromatic nitrogens is 2. The number of hydrogen-bond donors (Lipinski definition) is 0. The van der Waals surface area contributed by atoms with Gasteiger partial charge in [0.15, 0.2) is 13.7 Å². The first-order chi connectivity index (χ1) is 31.8. The summed E-state index contributed by atoms with van der Waals surface area (Å²) in [5.74, 6) is 0. The monoisotopic (exact) mass is 832 g/mol. The second kappa shape index (κ2) is 14.5. The molecule has 0 N–H and O–H groups in total. The van der Waals surface area contributed by atoms with Crippen molar-refractivity contribution in [2.24, 2.45) is 0 Å². The summed E-state index contributed by atoms with van der Waals surface area (Å²) >= 11 is 0. The fraction of sp³-hybridized carbons (Fsp3) is 0. The van der Waals surface area contributed by atoms with Crippen LogP contribution in [0.1, 0.15) is 0 Å². The van der Waals surface area contributed by atoms with Gasteiger partial charge in [0, 0.05) is 43.6 Å². The Morgan fingerprint density at radius 3 is 1.39 bits per heavy atom. The average molecular weight is 833 g/mol. The van der Waals surface area contributed by atoms with Crippen molar-refractivity contribution in [2.75, 3.05) is 0 Å². The van der Waals surface area contributed by atoms with E-state index in [1.54, 1.807) is 0 Å². The van der Waals surface area contributed by atoms with E-state index in [-0.39, 0.29) is 0 Å². The van der Waals surface area contributed by atoms with Gasteiger partial charge in [0.25, 0.3) is 0 Å². The first-order valence-electron chi connectivity index (χ1n) is 22.0. The molecule has 0 spiro atoms. The molecule has 0 aliphatic heterocycles. The molecule has 3 heterocycles. The number of nitrogens with zero attached hydrogens (tertiary/aromatic N) is 2. The van der Waals surface area contributed by atoms with E-state index in [0.717, 1.165) is 49.8 Å². The van der Waals surface area contributed by atoms with Crippen LogP contribution in [0.15, 0.2) is 247 Å². The second-order valence-corrected chi connectivity index (χ2v) is 20.5. The van der Waals surface area contributed by atoms with Crippen molar-refractivity contribution in [3.05, 3.63) is 243 Å². The van der Waals surface area contributed by atoms with Gasteiger partial charge in [-0.15, -0.1) is 0 Å². The van der Waals surface area contributed by atoms with E-state index in [9.17, 15) is 0 Å². The van der Waals surface area contributed by atoms with Crippen LogP contribution in [0, 0.1) is 0 Å². The van der Waals surface area contributed by atoms with Crippen molar-refractivity contribution in [1.29, 1.82) is 0 Å². The van der Waals surface area contributed by atoms with Gasteiger partial charge in [-0.1, -0.05) is 206 Å². The van der Waals surface area contributed by atoms with Crippen molar-refractivity contribution in [3.63, 3.8) is 0 Å². The lowest BCUT2D eigenvalue weighted by Gasteiger charge is -2.36. The number of para-hydroxylation sites is 6. The molecule has 10 aromatic carbocycles. The smallest absolute Gasteiger partial charge is 0.181 e. The molecule has 0 unspecified atom stereocenters. The molecule has 13 aromatic rings. The topological polar surface area (TPSA) is 23.0 Å². The first-order valence-corrected chi connectivity index (χ1v) is 24.0. The number of furan rings is 1. The van der Waals surface area contributed by atoms with E-state index in [4.69, 9.17) is 4.42 Å². The predicted octanol–water partition coefficient (Wildman–Crippen LogP) is 12.8. The van der Waals surface area contributed by atoms with Crippen LogP contribution < -0.4 is 20.7 Å². The highest BCUT2D eigenvalue weighted by Gasteiger charge is 2.43. The maximum atomic E-state index is 7.04. The third kappa shape index (κ3) is 5.21. The van der Waals surface area contributed by atoms with Gasteiger partial charge in [0.05, 0.1) is 27.8 Å². The highest BCUT2D eigenvalue weighted by molar-refractivity contribution is 7.20. The van der Waals surface area contributed by atoms with Gasteiger partial charge in [0.1, 0.15) is 5.58 Å². The fourth-order valence-corrected chi connectivity index (χ4v) is 15.8. The van der Waals surface area contributed by atoms with Crippen LogP contribution in [0.3, 0.4) is 0 Å². The summed E-state index contributed by atoms with van der Waals surface area (Å²) in [5.41, 5.74) is 10.9. The highest BCUT2D eigenvalue weighted by atomic mass is 28.3. The summed E-state index contributed by atoms with van der Waals surface area (Å²) in [4.78, 5) is 0. The Hall–Kier alpha value is -8.18. The molecule has 0 aliphatic rings. The zero-order valence-electron chi connectivity index (χ0n) is 34.9. The predicted molar refractivity (Wildman–Crippen MR) is 271 cm³/mol. The van der Waals surface area contributed by atoms with Crippen molar-refractivity contribution in [3.8, 4) is 22.5 Å².